The molecule has 0 bridgehead atoms. The predicted molar refractivity (Wildman–Crippen MR) is 81.6 cm³/mol. The van der Waals surface area contributed by atoms with Crippen LogP contribution in [0.5, 0.6) is 17.2 Å². The minimum atomic E-state index is -0.371. The quantitative estimate of drug-likeness (QED) is 0.411. The Kier molecular flexibility index (Phi) is 5.15. The maximum Gasteiger partial charge on any atom is 0.332 e. The van der Waals surface area contributed by atoms with Gasteiger partial charge in [0.25, 0.3) is 5.56 Å². The van der Waals surface area contributed by atoms with Crippen molar-refractivity contribution in [3.05, 3.63) is 45.4 Å². The summed E-state index contributed by atoms with van der Waals surface area (Å²) in [5.41, 5.74) is 0.0119. The molecule has 0 saturated carbocycles. The fourth-order valence-electron chi connectivity index (χ4n) is 1.85. The molecule has 0 atom stereocenters. The van der Waals surface area contributed by atoms with Gasteiger partial charge >= 0.3 is 5.69 Å². The van der Waals surface area contributed by atoms with Crippen LogP contribution in [-0.2, 0) is 14.1 Å². The zero-order valence-electron chi connectivity index (χ0n) is 12.3. The second kappa shape index (κ2) is 6.66. The highest BCUT2D eigenvalue weighted by molar-refractivity contribution is 5.68. The number of nitrogens with zero attached hydrogens (tertiary/aromatic N) is 3. The molecule has 2 heterocycles. The molecule has 23 heavy (non-hydrogen) atoms. The number of imidazole rings is 1. The van der Waals surface area contributed by atoms with E-state index in [0.29, 0.717) is 11.2 Å². The smallest absolute Gasteiger partial charge is 0.332 e. The van der Waals surface area contributed by atoms with Gasteiger partial charge in [-0.15, -0.1) is 0 Å². The van der Waals surface area contributed by atoms with Crippen molar-refractivity contribution >= 4 is 11.2 Å². The van der Waals surface area contributed by atoms with Crippen molar-refractivity contribution in [3.63, 3.8) is 0 Å². The van der Waals surface area contributed by atoms with Gasteiger partial charge in [-0.25, -0.2) is 9.78 Å². The van der Waals surface area contributed by atoms with E-state index in [1.54, 1.807) is 7.05 Å². The maximum absolute atomic E-state index is 11.4. The van der Waals surface area contributed by atoms with E-state index < -0.39 is 0 Å². The van der Waals surface area contributed by atoms with Gasteiger partial charge in [0.2, 0.25) is 0 Å². The first kappa shape index (κ1) is 17.8. The summed E-state index contributed by atoms with van der Waals surface area (Å²) in [7, 11) is 3.01. The highest BCUT2D eigenvalue weighted by Crippen LogP contribution is 2.23. The second-order valence-electron chi connectivity index (χ2n) is 4.51. The van der Waals surface area contributed by atoms with Crippen LogP contribution in [-0.4, -0.2) is 39.9 Å². The van der Waals surface area contributed by atoms with Gasteiger partial charge in [-0.1, -0.05) is 0 Å². The largest absolute Gasteiger partial charge is 0.508 e. The summed E-state index contributed by atoms with van der Waals surface area (Å²) in [5, 5.41) is 26.0. The van der Waals surface area contributed by atoms with E-state index in [-0.39, 0.29) is 34.0 Å². The van der Waals surface area contributed by atoms with Crippen LogP contribution in [0.3, 0.4) is 0 Å². The van der Waals surface area contributed by atoms with Gasteiger partial charge in [0.05, 0.1) is 6.33 Å². The number of aromatic hydroxyl groups is 3. The molecule has 0 aliphatic rings. The number of hydrogen-bond donors (Lipinski definition) is 4. The van der Waals surface area contributed by atoms with Crippen LogP contribution in [0.2, 0.25) is 0 Å². The van der Waals surface area contributed by atoms with Gasteiger partial charge in [-0.2, -0.15) is 0 Å². The Morgan fingerprint density at radius 3 is 1.91 bits per heavy atom. The van der Waals surface area contributed by atoms with Crippen molar-refractivity contribution in [3.8, 4) is 17.2 Å². The van der Waals surface area contributed by atoms with E-state index >= 15 is 0 Å². The molecule has 10 heteroatoms. The molecule has 124 valence electrons. The fraction of sp³-hybridized carbons (Fsp3) is 0.154. The Balaban J connectivity index is 0.000000235. The van der Waals surface area contributed by atoms with E-state index in [1.165, 1.54) is 17.9 Å². The Morgan fingerprint density at radius 1 is 0.957 bits per heavy atom. The monoisotopic (exact) mass is 324 g/mol. The van der Waals surface area contributed by atoms with Gasteiger partial charge in [-0.3, -0.25) is 13.9 Å². The number of hydrogen-bond acceptors (Lipinski definition) is 6. The average molecular weight is 324 g/mol. The number of nitrogens with one attached hydrogen (secondary N) is 1. The lowest BCUT2D eigenvalue weighted by Gasteiger charge is -2.00. The molecule has 0 unspecified atom stereocenters. The number of phenols is 3. The molecule has 0 saturated heterocycles. The van der Waals surface area contributed by atoms with Crippen LogP contribution < -0.4 is 11.2 Å². The Hall–Kier alpha value is -3.27. The summed E-state index contributed by atoms with van der Waals surface area (Å²) < 4.78 is 2.37. The van der Waals surface area contributed by atoms with Gasteiger partial charge in [-0.05, 0) is 0 Å². The third-order valence-corrected chi connectivity index (χ3v) is 2.92. The first-order chi connectivity index (χ1) is 10.3. The van der Waals surface area contributed by atoms with Crippen molar-refractivity contribution < 1.29 is 20.8 Å². The molecule has 3 aromatic rings. The van der Waals surface area contributed by atoms with E-state index in [0.717, 1.165) is 22.8 Å². The molecule has 0 radical (unpaired) electrons. The fourth-order valence-corrected chi connectivity index (χ4v) is 1.85. The summed E-state index contributed by atoms with van der Waals surface area (Å²) in [4.78, 5) is 29.4. The third kappa shape index (κ3) is 3.49. The molecular weight excluding hydrogens is 308 g/mol. The summed E-state index contributed by atoms with van der Waals surface area (Å²) in [6, 6.07) is 3.42. The standard InChI is InChI=1S/C7H8N4O2.C6H6O3.H2O/c1-10-5-4(8-3-9-5)6(12)11(2)7(10)13;7-4-1-5(8)3-6(9)2-4;/h3H,1-2H3,(H,8,9);1-3,7-9H;1H2. The van der Waals surface area contributed by atoms with Gasteiger partial charge < -0.3 is 25.8 Å². The highest BCUT2D eigenvalue weighted by Gasteiger charge is 2.08. The lowest BCUT2D eigenvalue weighted by Crippen LogP contribution is -2.36. The molecule has 0 aliphatic heterocycles. The number of aromatic amines is 1. The molecule has 0 amide bonds. The topological polar surface area (TPSA) is 165 Å². The normalized spacial score (nSPS) is 9.83. The Labute approximate surface area is 128 Å². The number of benzene rings is 1. The van der Waals surface area contributed by atoms with Gasteiger partial charge in [0, 0.05) is 32.3 Å². The summed E-state index contributed by atoms with van der Waals surface area (Å²) in [6.45, 7) is 0. The van der Waals surface area contributed by atoms with Crippen molar-refractivity contribution in [1.29, 1.82) is 0 Å². The number of H-pyrrole nitrogens is 1. The molecular formula is C13H16N4O6. The zero-order valence-corrected chi connectivity index (χ0v) is 12.3. The highest BCUT2D eigenvalue weighted by atomic mass is 16.3. The molecule has 6 N–H and O–H groups in total. The van der Waals surface area contributed by atoms with Crippen LogP contribution in [0, 0.1) is 0 Å². The van der Waals surface area contributed by atoms with Crippen LogP contribution >= 0.6 is 0 Å². The van der Waals surface area contributed by atoms with E-state index in [1.807, 2.05) is 0 Å². The second-order valence-corrected chi connectivity index (χ2v) is 4.51. The van der Waals surface area contributed by atoms with Crippen LogP contribution in [0.1, 0.15) is 0 Å². The molecule has 10 nitrogen and oxygen atoms in total. The Morgan fingerprint density at radius 2 is 1.43 bits per heavy atom. The van der Waals surface area contributed by atoms with Crippen molar-refractivity contribution in [2.24, 2.45) is 14.1 Å². The number of rotatable bonds is 0. The van der Waals surface area contributed by atoms with E-state index in [4.69, 9.17) is 15.3 Å². The third-order valence-electron chi connectivity index (χ3n) is 2.92. The van der Waals surface area contributed by atoms with Crippen LogP contribution in [0.4, 0.5) is 0 Å². The lowest BCUT2D eigenvalue weighted by molar-refractivity contribution is 0.428. The summed E-state index contributed by atoms with van der Waals surface area (Å²) in [5.74, 6) is -0.437. The van der Waals surface area contributed by atoms with Crippen LogP contribution in [0.25, 0.3) is 11.2 Å². The molecule has 0 aliphatic carbocycles. The van der Waals surface area contributed by atoms with E-state index in [9.17, 15) is 9.59 Å². The van der Waals surface area contributed by atoms with Crippen molar-refractivity contribution in [2.45, 2.75) is 0 Å². The molecule has 0 spiro atoms. The predicted octanol–water partition coefficient (Wildman–Crippen LogP) is -1.06. The molecule has 2 aromatic heterocycles. The summed E-state index contributed by atoms with van der Waals surface area (Å²) >= 11 is 0. The number of aryl methyl sites for hydroxylation is 1. The zero-order chi connectivity index (χ0) is 16.4. The van der Waals surface area contributed by atoms with Gasteiger partial charge in [0.1, 0.15) is 22.8 Å². The average Bonchev–Trinajstić information content (AvgIpc) is 2.91. The lowest BCUT2D eigenvalue weighted by atomic mass is 10.3. The van der Waals surface area contributed by atoms with Crippen molar-refractivity contribution in [2.75, 3.05) is 0 Å². The Bertz CT molecular complexity index is 889. The first-order valence-electron chi connectivity index (χ1n) is 6.12. The molecule has 0 fully saturated rings. The van der Waals surface area contributed by atoms with E-state index in [2.05, 4.69) is 9.97 Å². The maximum atomic E-state index is 11.4. The SMILES string of the molecule is Cn1c(=O)c2[nH]cnc2n(C)c1=O.O.Oc1cc(O)cc(O)c1. The number of aromatic nitrogens is 4. The minimum absolute atomic E-state index is 0. The van der Waals surface area contributed by atoms with Crippen LogP contribution in [0.15, 0.2) is 34.1 Å². The number of fused-ring (bicyclic) bond motifs is 1. The minimum Gasteiger partial charge on any atom is -0.508 e. The first-order valence-corrected chi connectivity index (χ1v) is 6.12. The summed E-state index contributed by atoms with van der Waals surface area (Å²) in [6.07, 6.45) is 1.39. The molecule has 1 aromatic carbocycles. The molecule has 3 rings (SSSR count). The van der Waals surface area contributed by atoms with Gasteiger partial charge in [0.15, 0.2) is 5.65 Å². The number of phenolic OH excluding ortho intramolecular Hbond substituents is 3. The van der Waals surface area contributed by atoms with Crippen molar-refractivity contribution in [1.82, 2.24) is 19.1 Å².